The van der Waals surface area contributed by atoms with Crippen LogP contribution in [0.3, 0.4) is 0 Å². The van der Waals surface area contributed by atoms with Gasteiger partial charge in [-0.05, 0) is 35.4 Å². The molecule has 1 aliphatic carbocycles. The average molecular weight is 360 g/mol. The van der Waals surface area contributed by atoms with Crippen molar-refractivity contribution in [2.75, 3.05) is 0 Å². The van der Waals surface area contributed by atoms with Crippen molar-refractivity contribution >= 4 is 5.78 Å². The maximum absolute atomic E-state index is 12.1. The fourth-order valence-corrected chi connectivity index (χ4v) is 3.11. The van der Waals surface area contributed by atoms with Crippen LogP contribution in [0.4, 0.5) is 0 Å². The molecule has 0 amide bonds. The van der Waals surface area contributed by atoms with Crippen molar-refractivity contribution < 1.29 is 35.4 Å². The predicted octanol–water partition coefficient (Wildman–Crippen LogP) is -0.124. The topological polar surface area (TPSA) is 138 Å². The average Bonchev–Trinajstić information content (AvgIpc) is 2.62. The number of fused-ring (bicyclic) bond motifs is 5. The van der Waals surface area contributed by atoms with Gasteiger partial charge in [0.25, 0.3) is 0 Å². The number of Topliss-reactive ketones (excluding diaryl/α,β-unsaturated/α-hetero) is 1. The molecule has 0 aliphatic heterocycles. The van der Waals surface area contributed by atoms with Crippen LogP contribution in [0.15, 0.2) is 36.4 Å². The van der Waals surface area contributed by atoms with Crippen LogP contribution >= 0.6 is 0 Å². The van der Waals surface area contributed by atoms with Crippen molar-refractivity contribution in [2.24, 2.45) is 0 Å². The Hall–Kier alpha value is -2.45. The van der Waals surface area contributed by atoms with Gasteiger partial charge in [-0.25, -0.2) is 0 Å². The van der Waals surface area contributed by atoms with Gasteiger partial charge in [-0.15, -0.1) is 0 Å². The van der Waals surface area contributed by atoms with E-state index < -0.39 is 30.2 Å². The van der Waals surface area contributed by atoms with Crippen LogP contribution in [-0.2, 0) is 17.6 Å². The molecular formula is C19H20O7. The fraction of sp³-hybridized carbons (Fsp3) is 0.316. The summed E-state index contributed by atoms with van der Waals surface area (Å²) in [4.78, 5) is 12.1. The minimum Gasteiger partial charge on any atom is -0.507 e. The molecule has 26 heavy (non-hydrogen) atoms. The molecule has 3 rings (SSSR count). The van der Waals surface area contributed by atoms with Crippen LogP contribution in [0.25, 0.3) is 11.1 Å². The molecular weight excluding hydrogens is 340 g/mol. The molecule has 0 aromatic heterocycles. The first-order valence-corrected chi connectivity index (χ1v) is 8.18. The van der Waals surface area contributed by atoms with Crippen LogP contribution in [0.2, 0.25) is 0 Å². The highest BCUT2D eigenvalue weighted by Gasteiger charge is 2.34. The lowest BCUT2D eigenvalue weighted by Crippen LogP contribution is -2.47. The van der Waals surface area contributed by atoms with E-state index in [1.807, 2.05) is 0 Å². The van der Waals surface area contributed by atoms with Crippen molar-refractivity contribution in [2.45, 2.75) is 37.3 Å². The molecule has 0 fully saturated rings. The zero-order chi connectivity index (χ0) is 19.0. The molecule has 2 aromatic carbocycles. The number of benzene rings is 2. The Bertz CT molecular complexity index is 833. The quantitative estimate of drug-likeness (QED) is 0.385. The van der Waals surface area contributed by atoms with Gasteiger partial charge in [-0.1, -0.05) is 12.1 Å². The normalized spacial score (nSPS) is 26.5. The van der Waals surface area contributed by atoms with Crippen molar-refractivity contribution in [3.05, 3.63) is 47.5 Å². The Morgan fingerprint density at radius 1 is 0.769 bits per heavy atom. The van der Waals surface area contributed by atoms with E-state index in [9.17, 15) is 35.4 Å². The highest BCUT2D eigenvalue weighted by Crippen LogP contribution is 2.37. The molecule has 1 aliphatic rings. The van der Waals surface area contributed by atoms with Gasteiger partial charge in [0, 0.05) is 24.0 Å². The number of ketones is 1. The van der Waals surface area contributed by atoms with Gasteiger partial charge in [0.15, 0.2) is 5.78 Å². The van der Waals surface area contributed by atoms with Crippen LogP contribution in [0.1, 0.15) is 11.1 Å². The van der Waals surface area contributed by atoms with Gasteiger partial charge in [0.2, 0.25) is 0 Å². The zero-order valence-corrected chi connectivity index (χ0v) is 13.8. The van der Waals surface area contributed by atoms with Crippen LogP contribution in [0, 0.1) is 0 Å². The maximum Gasteiger partial charge on any atom is 0.192 e. The Labute approximate surface area is 149 Å². The maximum atomic E-state index is 12.1. The zero-order valence-electron chi connectivity index (χ0n) is 13.8. The standard InChI is InChI=1S/C19H20O7/c20-13-3-1-9-5-11(13)12-6-10(2-4-14(12)21)8-16(23)18(25)19(26)17(24)15(22)7-9/h1-6,15-17,19-24,26H,7-8H2/t15-,16+,17+,19-/m1/s1. The van der Waals surface area contributed by atoms with E-state index in [-0.39, 0.29) is 24.3 Å². The minimum absolute atomic E-state index is 0.0947. The molecule has 6 N–H and O–H groups in total. The first-order valence-electron chi connectivity index (χ1n) is 8.18. The summed E-state index contributed by atoms with van der Waals surface area (Å²) in [6.07, 6.45) is -7.03. The fourth-order valence-electron chi connectivity index (χ4n) is 3.11. The van der Waals surface area contributed by atoms with Gasteiger partial charge < -0.3 is 30.6 Å². The van der Waals surface area contributed by atoms with Crippen LogP contribution in [-0.4, -0.2) is 60.8 Å². The summed E-state index contributed by atoms with van der Waals surface area (Å²) in [5.41, 5.74) is 1.62. The van der Waals surface area contributed by atoms with E-state index in [0.29, 0.717) is 22.3 Å². The number of aromatic hydroxyl groups is 2. The number of hydrogen-bond donors (Lipinski definition) is 6. The summed E-state index contributed by atoms with van der Waals surface area (Å²) < 4.78 is 0. The number of carbonyl (C=O) groups excluding carboxylic acids is 1. The number of rotatable bonds is 0. The summed E-state index contributed by atoms with van der Waals surface area (Å²) >= 11 is 0. The first kappa shape index (κ1) is 18.3. The molecule has 2 aromatic rings. The van der Waals surface area contributed by atoms with Gasteiger partial charge in [0.05, 0.1) is 6.10 Å². The number of carbonyl (C=O) groups is 1. The Morgan fingerprint density at radius 2 is 1.27 bits per heavy atom. The second-order valence-electron chi connectivity index (χ2n) is 6.53. The van der Waals surface area contributed by atoms with Gasteiger partial charge >= 0.3 is 0 Å². The molecule has 7 nitrogen and oxygen atoms in total. The van der Waals surface area contributed by atoms with Crippen molar-refractivity contribution in [3.63, 3.8) is 0 Å². The van der Waals surface area contributed by atoms with E-state index in [0.717, 1.165) is 0 Å². The summed E-state index contributed by atoms with van der Waals surface area (Å²) in [5, 5.41) is 60.6. The van der Waals surface area contributed by atoms with E-state index in [2.05, 4.69) is 0 Å². The lowest BCUT2D eigenvalue weighted by molar-refractivity contribution is -0.146. The van der Waals surface area contributed by atoms with Gasteiger partial charge in [0.1, 0.15) is 29.8 Å². The van der Waals surface area contributed by atoms with E-state index >= 15 is 0 Å². The van der Waals surface area contributed by atoms with Crippen LogP contribution in [0.5, 0.6) is 11.5 Å². The summed E-state index contributed by atoms with van der Waals surface area (Å²) in [7, 11) is 0. The van der Waals surface area contributed by atoms with E-state index in [4.69, 9.17) is 0 Å². The Kier molecular flexibility index (Phi) is 4.97. The van der Waals surface area contributed by atoms with Gasteiger partial charge in [-0.3, -0.25) is 4.79 Å². The molecule has 0 heterocycles. The molecule has 4 bridgehead atoms. The van der Waals surface area contributed by atoms with E-state index in [1.165, 1.54) is 30.3 Å². The van der Waals surface area contributed by atoms with Crippen LogP contribution < -0.4 is 0 Å². The smallest absolute Gasteiger partial charge is 0.192 e. The number of aliphatic hydroxyl groups is 4. The molecule has 138 valence electrons. The van der Waals surface area contributed by atoms with Crippen molar-refractivity contribution in [3.8, 4) is 22.6 Å². The third kappa shape index (κ3) is 3.42. The third-order valence-electron chi connectivity index (χ3n) is 4.62. The second kappa shape index (κ2) is 7.05. The molecule has 0 spiro atoms. The number of phenolic OH excluding ortho intramolecular Hbond substituents is 2. The SMILES string of the molecule is O=C1[C@@H](O)Cc2ccc(O)c(c2)-c2cc(ccc2O)C[C@@H](O)[C@H](O)[C@H]1O. The largest absolute Gasteiger partial charge is 0.507 e. The van der Waals surface area contributed by atoms with Crippen molar-refractivity contribution in [1.82, 2.24) is 0 Å². The highest BCUT2D eigenvalue weighted by atomic mass is 16.4. The lowest BCUT2D eigenvalue weighted by Gasteiger charge is -2.23. The number of aliphatic hydroxyl groups excluding tert-OH is 4. The predicted molar refractivity (Wildman–Crippen MR) is 91.6 cm³/mol. The molecule has 4 atom stereocenters. The monoisotopic (exact) mass is 360 g/mol. The summed E-state index contributed by atoms with van der Waals surface area (Å²) in [5.74, 6) is -1.19. The Balaban J connectivity index is 2.16. The molecule has 0 saturated carbocycles. The third-order valence-corrected chi connectivity index (χ3v) is 4.62. The van der Waals surface area contributed by atoms with Gasteiger partial charge in [-0.2, -0.15) is 0 Å². The summed E-state index contributed by atoms with van der Waals surface area (Å²) in [6, 6.07) is 8.89. The highest BCUT2D eigenvalue weighted by molar-refractivity contribution is 5.88. The second-order valence-corrected chi connectivity index (χ2v) is 6.53. The molecule has 0 radical (unpaired) electrons. The van der Waals surface area contributed by atoms with E-state index in [1.54, 1.807) is 6.07 Å². The lowest BCUT2D eigenvalue weighted by atomic mass is 9.94. The van der Waals surface area contributed by atoms with Crippen molar-refractivity contribution in [1.29, 1.82) is 0 Å². The summed E-state index contributed by atoms with van der Waals surface area (Å²) in [6.45, 7) is 0. The number of hydrogen-bond acceptors (Lipinski definition) is 7. The molecule has 0 saturated heterocycles. The molecule has 7 heteroatoms. The first-order chi connectivity index (χ1) is 12.3. The molecule has 0 unspecified atom stereocenters. The minimum atomic E-state index is -1.94. The number of phenols is 2. The Morgan fingerprint density at radius 3 is 1.81 bits per heavy atom.